The number of rotatable bonds is 4. The topological polar surface area (TPSA) is 72.2 Å². The number of aryl methyl sites for hydroxylation is 1. The quantitative estimate of drug-likeness (QED) is 0.793. The molecule has 0 saturated carbocycles. The predicted molar refractivity (Wildman–Crippen MR) is 88.1 cm³/mol. The number of nitrogens with zero attached hydrogens (tertiary/aromatic N) is 1. The van der Waals surface area contributed by atoms with E-state index in [0.717, 1.165) is 11.1 Å². The van der Waals surface area contributed by atoms with Crippen molar-refractivity contribution >= 4 is 15.7 Å². The number of hydrogen-bond donors (Lipinski definition) is 1. The number of oxazole rings is 1. The summed E-state index contributed by atoms with van der Waals surface area (Å²) in [4.78, 5) is 4.42. The first-order valence-electron chi connectivity index (χ1n) is 7.09. The Morgan fingerprint density at radius 3 is 2.30 bits per heavy atom. The average molecular weight is 328 g/mol. The summed E-state index contributed by atoms with van der Waals surface area (Å²) in [7, 11) is -2.15. The van der Waals surface area contributed by atoms with E-state index in [4.69, 9.17) is 4.42 Å². The normalized spacial score (nSPS) is 11.4. The van der Waals surface area contributed by atoms with Gasteiger partial charge >= 0.3 is 0 Å². The van der Waals surface area contributed by atoms with Gasteiger partial charge in [0.15, 0.2) is 0 Å². The molecular weight excluding hydrogens is 312 g/mol. The van der Waals surface area contributed by atoms with E-state index in [9.17, 15) is 8.42 Å². The molecule has 0 amide bonds. The Morgan fingerprint density at radius 2 is 1.65 bits per heavy atom. The largest absolute Gasteiger partial charge is 0.419 e. The van der Waals surface area contributed by atoms with Gasteiger partial charge in [-0.1, -0.05) is 36.4 Å². The number of aromatic nitrogens is 1. The molecule has 2 aromatic carbocycles. The van der Waals surface area contributed by atoms with Gasteiger partial charge in [0.25, 0.3) is 0 Å². The van der Waals surface area contributed by atoms with Crippen molar-refractivity contribution in [2.24, 2.45) is 0 Å². The van der Waals surface area contributed by atoms with Crippen LogP contribution in [0.2, 0.25) is 0 Å². The second kappa shape index (κ2) is 5.89. The highest BCUT2D eigenvalue weighted by molar-refractivity contribution is 7.91. The number of nitrogens with one attached hydrogen (secondary N) is 1. The lowest BCUT2D eigenvalue weighted by Crippen LogP contribution is -2.05. The molecule has 0 bridgehead atoms. The van der Waals surface area contributed by atoms with Crippen LogP contribution in [0.25, 0.3) is 11.5 Å². The van der Waals surface area contributed by atoms with Crippen LogP contribution in [-0.4, -0.2) is 20.4 Å². The third kappa shape index (κ3) is 2.73. The minimum atomic E-state index is -3.75. The van der Waals surface area contributed by atoms with Gasteiger partial charge in [0.05, 0.1) is 4.90 Å². The molecule has 5 nitrogen and oxygen atoms in total. The first kappa shape index (κ1) is 15.3. The molecule has 118 valence electrons. The summed E-state index contributed by atoms with van der Waals surface area (Å²) in [5, 5.41) is 2.67. The molecule has 0 aliphatic rings. The molecule has 0 fully saturated rings. The third-order valence-electron chi connectivity index (χ3n) is 3.51. The SMILES string of the molecule is CNc1oc(-c2ccccc2C)nc1S(=O)(=O)c1ccccc1. The van der Waals surface area contributed by atoms with Crippen LogP contribution in [0, 0.1) is 6.92 Å². The smallest absolute Gasteiger partial charge is 0.233 e. The Morgan fingerprint density at radius 1 is 1.00 bits per heavy atom. The first-order chi connectivity index (χ1) is 11.0. The van der Waals surface area contributed by atoms with Gasteiger partial charge in [0.2, 0.25) is 26.6 Å². The zero-order valence-corrected chi connectivity index (χ0v) is 13.6. The van der Waals surface area contributed by atoms with E-state index in [1.54, 1.807) is 25.2 Å². The highest BCUT2D eigenvalue weighted by Crippen LogP contribution is 2.32. The molecule has 0 saturated heterocycles. The van der Waals surface area contributed by atoms with Gasteiger partial charge in [-0.25, -0.2) is 8.42 Å². The molecule has 3 rings (SSSR count). The minimum absolute atomic E-state index is 0.107. The van der Waals surface area contributed by atoms with E-state index >= 15 is 0 Å². The van der Waals surface area contributed by atoms with Gasteiger partial charge in [-0.05, 0) is 30.7 Å². The summed E-state index contributed by atoms with van der Waals surface area (Å²) in [6, 6.07) is 15.7. The van der Waals surface area contributed by atoms with E-state index in [0.29, 0.717) is 0 Å². The van der Waals surface area contributed by atoms with E-state index in [1.165, 1.54) is 12.1 Å². The Bertz CT molecular complexity index is 931. The molecule has 3 aromatic rings. The second-order valence-corrected chi connectivity index (χ2v) is 6.90. The van der Waals surface area contributed by atoms with Crippen molar-refractivity contribution in [3.05, 3.63) is 60.2 Å². The van der Waals surface area contributed by atoms with Crippen molar-refractivity contribution in [1.82, 2.24) is 4.98 Å². The van der Waals surface area contributed by atoms with Crippen LogP contribution in [0.15, 0.2) is 68.9 Å². The van der Waals surface area contributed by atoms with E-state index in [1.807, 2.05) is 31.2 Å². The fourth-order valence-electron chi connectivity index (χ4n) is 2.29. The summed E-state index contributed by atoms with van der Waals surface area (Å²) in [6.45, 7) is 1.92. The van der Waals surface area contributed by atoms with Gasteiger partial charge in [-0.2, -0.15) is 4.98 Å². The first-order valence-corrected chi connectivity index (χ1v) is 8.57. The van der Waals surface area contributed by atoms with E-state index in [-0.39, 0.29) is 21.7 Å². The number of benzene rings is 2. The minimum Gasteiger partial charge on any atom is -0.419 e. The summed E-state index contributed by atoms with van der Waals surface area (Å²) in [5.41, 5.74) is 1.72. The molecule has 1 aromatic heterocycles. The Labute approximate surface area is 134 Å². The lowest BCUT2D eigenvalue weighted by Gasteiger charge is -2.02. The Kier molecular flexibility index (Phi) is 3.92. The molecule has 0 aliphatic carbocycles. The number of sulfone groups is 1. The fraction of sp³-hybridized carbons (Fsp3) is 0.118. The van der Waals surface area contributed by atoms with Crippen molar-refractivity contribution in [2.45, 2.75) is 16.8 Å². The number of anilines is 1. The molecule has 0 atom stereocenters. The van der Waals surface area contributed by atoms with Crippen LogP contribution in [-0.2, 0) is 9.84 Å². The molecular formula is C17H16N2O3S. The maximum Gasteiger partial charge on any atom is 0.233 e. The monoisotopic (exact) mass is 328 g/mol. The second-order valence-electron chi connectivity index (χ2n) is 5.03. The van der Waals surface area contributed by atoms with Crippen molar-refractivity contribution < 1.29 is 12.8 Å². The van der Waals surface area contributed by atoms with Crippen LogP contribution in [0.1, 0.15) is 5.56 Å². The lowest BCUT2D eigenvalue weighted by molar-refractivity contribution is 0.580. The van der Waals surface area contributed by atoms with Crippen LogP contribution >= 0.6 is 0 Å². The summed E-state index contributed by atoms with van der Waals surface area (Å²) >= 11 is 0. The van der Waals surface area contributed by atoms with Crippen molar-refractivity contribution in [3.8, 4) is 11.5 Å². The molecule has 0 unspecified atom stereocenters. The molecule has 0 aliphatic heterocycles. The van der Waals surface area contributed by atoms with Crippen LogP contribution in [0.5, 0.6) is 0 Å². The van der Waals surface area contributed by atoms with Crippen molar-refractivity contribution in [2.75, 3.05) is 12.4 Å². The molecule has 23 heavy (non-hydrogen) atoms. The van der Waals surface area contributed by atoms with Crippen LogP contribution in [0.4, 0.5) is 5.88 Å². The molecule has 1 heterocycles. The maximum atomic E-state index is 12.8. The summed E-state index contributed by atoms with van der Waals surface area (Å²) in [6.07, 6.45) is 0. The van der Waals surface area contributed by atoms with Gasteiger partial charge in [-0.15, -0.1) is 0 Å². The van der Waals surface area contributed by atoms with Gasteiger partial charge in [0, 0.05) is 12.6 Å². The standard InChI is InChI=1S/C17H16N2O3S/c1-12-8-6-7-11-14(12)15-19-17(16(18-2)22-15)23(20,21)13-9-4-3-5-10-13/h3-11,18H,1-2H3. The van der Waals surface area contributed by atoms with Crippen molar-refractivity contribution in [1.29, 1.82) is 0 Å². The molecule has 0 radical (unpaired) electrons. The van der Waals surface area contributed by atoms with E-state index < -0.39 is 9.84 Å². The third-order valence-corrected chi connectivity index (χ3v) is 5.19. The molecule has 0 spiro atoms. The average Bonchev–Trinajstić information content (AvgIpc) is 3.01. The summed E-state index contributed by atoms with van der Waals surface area (Å²) in [5.74, 6) is 0.411. The molecule has 6 heteroatoms. The highest BCUT2D eigenvalue weighted by atomic mass is 32.2. The lowest BCUT2D eigenvalue weighted by atomic mass is 10.1. The molecule has 1 N–H and O–H groups in total. The van der Waals surface area contributed by atoms with Crippen molar-refractivity contribution in [3.63, 3.8) is 0 Å². The van der Waals surface area contributed by atoms with Gasteiger partial charge in [0.1, 0.15) is 0 Å². The number of hydrogen-bond acceptors (Lipinski definition) is 5. The predicted octanol–water partition coefficient (Wildman–Crippen LogP) is 3.52. The van der Waals surface area contributed by atoms with Gasteiger partial charge in [-0.3, -0.25) is 0 Å². The van der Waals surface area contributed by atoms with Crippen LogP contribution in [0.3, 0.4) is 0 Å². The Balaban J connectivity index is 2.16. The zero-order valence-electron chi connectivity index (χ0n) is 12.8. The van der Waals surface area contributed by atoms with Crippen LogP contribution < -0.4 is 5.32 Å². The van der Waals surface area contributed by atoms with E-state index in [2.05, 4.69) is 10.3 Å². The summed E-state index contributed by atoms with van der Waals surface area (Å²) < 4.78 is 31.2. The highest BCUT2D eigenvalue weighted by Gasteiger charge is 2.28. The maximum absolute atomic E-state index is 12.8. The Hall–Kier alpha value is -2.60. The van der Waals surface area contributed by atoms with Gasteiger partial charge < -0.3 is 9.73 Å². The zero-order chi connectivity index (χ0) is 16.4. The fourth-order valence-corrected chi connectivity index (χ4v) is 3.62.